The number of nitrogens with zero attached hydrogens (tertiary/aromatic N) is 1. The van der Waals surface area contributed by atoms with Gasteiger partial charge in [0.25, 0.3) is 0 Å². The van der Waals surface area contributed by atoms with Crippen molar-refractivity contribution in [2.75, 3.05) is 19.6 Å². The number of carbonyl (C=O) groups excluding carboxylic acids is 1. The number of hydrogen-bond acceptors (Lipinski definition) is 3. The number of nitrogens with one attached hydrogen (secondary N) is 1. The van der Waals surface area contributed by atoms with Gasteiger partial charge >= 0.3 is 0 Å². The predicted molar refractivity (Wildman–Crippen MR) is 113 cm³/mol. The molecule has 2 N–H and O–H groups in total. The van der Waals surface area contributed by atoms with Crippen LogP contribution in [0, 0.1) is 12.8 Å². The predicted octanol–water partition coefficient (Wildman–Crippen LogP) is 4.12. The minimum Gasteiger partial charge on any atom is -0.389 e. The molecule has 1 amide bonds. The lowest BCUT2D eigenvalue weighted by Gasteiger charge is -2.41. The molecule has 1 unspecified atom stereocenters. The lowest BCUT2D eigenvalue weighted by Crippen LogP contribution is -2.49. The molecule has 0 bridgehead atoms. The zero-order chi connectivity index (χ0) is 19.6. The molecule has 4 nitrogen and oxygen atoms in total. The molecule has 1 aliphatic heterocycles. The van der Waals surface area contributed by atoms with E-state index in [1.54, 1.807) is 0 Å². The monoisotopic (exact) mass is 436 g/mol. The fraction of sp³-hybridized carbons (Fsp3) is 0.682. The molecule has 0 saturated heterocycles. The molecule has 1 heterocycles. The zero-order valence-electron chi connectivity index (χ0n) is 16.9. The average Bonchev–Trinajstić information content (AvgIpc) is 2.64. The van der Waals surface area contributed by atoms with Gasteiger partial charge in [0, 0.05) is 17.6 Å². The number of amides is 1. The number of fused-ring (bicyclic) bond motifs is 1. The van der Waals surface area contributed by atoms with Crippen LogP contribution in [0.25, 0.3) is 0 Å². The first-order valence-electron chi connectivity index (χ1n) is 10.3. The van der Waals surface area contributed by atoms with E-state index in [2.05, 4.69) is 54.2 Å². The molecular formula is C22H33BrN2O2. The fourth-order valence-corrected chi connectivity index (χ4v) is 5.36. The van der Waals surface area contributed by atoms with E-state index in [9.17, 15) is 9.90 Å². The van der Waals surface area contributed by atoms with Crippen molar-refractivity contribution in [3.63, 3.8) is 0 Å². The highest BCUT2D eigenvalue weighted by Crippen LogP contribution is 2.40. The maximum Gasteiger partial charge on any atom is 0.237 e. The largest absolute Gasteiger partial charge is 0.389 e. The van der Waals surface area contributed by atoms with Gasteiger partial charge < -0.3 is 15.3 Å². The zero-order valence-corrected chi connectivity index (χ0v) is 18.4. The Morgan fingerprint density at radius 3 is 2.70 bits per heavy atom. The molecule has 1 aliphatic carbocycles. The average molecular weight is 437 g/mol. The van der Waals surface area contributed by atoms with Crippen molar-refractivity contribution in [3.8, 4) is 0 Å². The molecule has 150 valence electrons. The van der Waals surface area contributed by atoms with Crippen molar-refractivity contribution in [1.29, 1.82) is 0 Å². The minimum atomic E-state index is -0.633. The van der Waals surface area contributed by atoms with E-state index in [1.807, 2.05) is 4.90 Å². The normalized spacial score (nSPS) is 22.0. The van der Waals surface area contributed by atoms with E-state index in [4.69, 9.17) is 0 Å². The van der Waals surface area contributed by atoms with Crippen LogP contribution in [0.15, 0.2) is 16.6 Å². The Hall–Kier alpha value is -0.910. The summed E-state index contributed by atoms with van der Waals surface area (Å²) in [6.45, 7) is 8.10. The second-order valence-corrected chi connectivity index (χ2v) is 9.53. The summed E-state index contributed by atoms with van der Waals surface area (Å²) < 4.78 is 1.15. The Kier molecular flexibility index (Phi) is 6.65. The van der Waals surface area contributed by atoms with Crippen LogP contribution < -0.4 is 5.32 Å². The van der Waals surface area contributed by atoms with Crippen molar-refractivity contribution in [2.24, 2.45) is 5.92 Å². The number of halogens is 1. The molecule has 0 spiro atoms. The molecule has 5 heteroatoms. The maximum absolute atomic E-state index is 13.0. The topological polar surface area (TPSA) is 52.6 Å². The molecule has 3 rings (SSSR count). The van der Waals surface area contributed by atoms with Crippen LogP contribution in [0.2, 0.25) is 0 Å². The van der Waals surface area contributed by atoms with E-state index < -0.39 is 5.60 Å². The van der Waals surface area contributed by atoms with Crippen LogP contribution in [-0.4, -0.2) is 41.1 Å². The Morgan fingerprint density at radius 2 is 2.04 bits per heavy atom. The first-order chi connectivity index (χ1) is 12.8. The van der Waals surface area contributed by atoms with Crippen LogP contribution in [0.4, 0.5) is 0 Å². The number of carbonyl (C=O) groups is 1. The first kappa shape index (κ1) is 20.8. The summed E-state index contributed by atoms with van der Waals surface area (Å²) in [4.78, 5) is 15.1. The highest BCUT2D eigenvalue weighted by atomic mass is 79.9. The van der Waals surface area contributed by atoms with Crippen molar-refractivity contribution in [2.45, 2.75) is 70.9 Å². The molecule has 1 saturated carbocycles. The molecule has 0 radical (unpaired) electrons. The third-order valence-corrected chi connectivity index (χ3v) is 6.96. The van der Waals surface area contributed by atoms with Gasteiger partial charge in [-0.25, -0.2) is 0 Å². The minimum absolute atomic E-state index is 0.110. The Labute approximate surface area is 171 Å². The van der Waals surface area contributed by atoms with Gasteiger partial charge in [-0.1, -0.05) is 55.1 Å². The third-order valence-electron chi connectivity index (χ3n) is 6.22. The highest BCUT2D eigenvalue weighted by molar-refractivity contribution is 9.10. The summed E-state index contributed by atoms with van der Waals surface area (Å²) in [5.74, 6) is 0.488. The lowest BCUT2D eigenvalue weighted by atomic mass is 9.83. The molecule has 0 aromatic heterocycles. The van der Waals surface area contributed by atoms with Crippen molar-refractivity contribution < 1.29 is 9.90 Å². The first-order valence-corrected chi connectivity index (χ1v) is 11.1. The standard InChI is InChI=1S/C22H33BrN2O2/c1-15(2)21-20-16(3)7-8-18(23)17(20)9-12-25(21)19(26)13-24-14-22(27)10-5-4-6-11-22/h7-8,15,21,24,27H,4-6,9-14H2,1-3H3. The number of rotatable bonds is 5. The summed E-state index contributed by atoms with van der Waals surface area (Å²) in [6, 6.07) is 4.37. The molecular weight excluding hydrogens is 404 g/mol. The number of aliphatic hydroxyl groups is 1. The van der Waals surface area contributed by atoms with Gasteiger partial charge in [-0.3, -0.25) is 4.79 Å². The van der Waals surface area contributed by atoms with Gasteiger partial charge in [0.15, 0.2) is 0 Å². The molecule has 1 fully saturated rings. The molecule has 1 atom stereocenters. The SMILES string of the molecule is Cc1ccc(Br)c2c1C(C(C)C)N(C(=O)CNCC1(O)CCCCC1)CC2. The number of hydrogen-bond donors (Lipinski definition) is 2. The quantitative estimate of drug-likeness (QED) is 0.729. The summed E-state index contributed by atoms with van der Waals surface area (Å²) in [5, 5.41) is 13.9. The van der Waals surface area contributed by atoms with Gasteiger partial charge in [0.05, 0.1) is 18.2 Å². The van der Waals surface area contributed by atoms with Crippen LogP contribution >= 0.6 is 15.9 Å². The Bertz CT molecular complexity index is 683. The molecule has 1 aromatic rings. The van der Waals surface area contributed by atoms with Crippen LogP contribution in [0.3, 0.4) is 0 Å². The van der Waals surface area contributed by atoms with E-state index in [0.29, 0.717) is 19.0 Å². The van der Waals surface area contributed by atoms with E-state index in [0.717, 1.165) is 43.1 Å². The van der Waals surface area contributed by atoms with Crippen LogP contribution in [0.5, 0.6) is 0 Å². The molecule has 27 heavy (non-hydrogen) atoms. The summed E-state index contributed by atoms with van der Waals surface area (Å²) in [5.41, 5.74) is 3.28. The summed E-state index contributed by atoms with van der Waals surface area (Å²) in [6.07, 6.45) is 5.94. The lowest BCUT2D eigenvalue weighted by molar-refractivity contribution is -0.134. The van der Waals surface area contributed by atoms with E-state index >= 15 is 0 Å². The van der Waals surface area contributed by atoms with Crippen LogP contribution in [0.1, 0.15) is 68.7 Å². The second kappa shape index (κ2) is 8.62. The maximum atomic E-state index is 13.0. The van der Waals surface area contributed by atoms with Gasteiger partial charge in [-0.05, 0) is 54.9 Å². The van der Waals surface area contributed by atoms with Crippen molar-refractivity contribution in [1.82, 2.24) is 10.2 Å². The molecule has 1 aromatic carbocycles. The van der Waals surface area contributed by atoms with Crippen molar-refractivity contribution in [3.05, 3.63) is 33.3 Å². The highest BCUT2D eigenvalue weighted by Gasteiger charge is 2.35. The second-order valence-electron chi connectivity index (χ2n) is 8.67. The van der Waals surface area contributed by atoms with E-state index in [1.165, 1.54) is 23.1 Å². The fourth-order valence-electron chi connectivity index (χ4n) is 4.81. The third kappa shape index (κ3) is 4.57. The van der Waals surface area contributed by atoms with Gasteiger partial charge in [0.1, 0.15) is 0 Å². The Balaban J connectivity index is 1.70. The summed E-state index contributed by atoms with van der Waals surface area (Å²) >= 11 is 3.70. The number of aryl methyl sites for hydroxylation is 1. The van der Waals surface area contributed by atoms with Crippen LogP contribution in [-0.2, 0) is 11.2 Å². The summed E-state index contributed by atoms with van der Waals surface area (Å²) in [7, 11) is 0. The van der Waals surface area contributed by atoms with Gasteiger partial charge in [-0.2, -0.15) is 0 Å². The van der Waals surface area contributed by atoms with Crippen molar-refractivity contribution >= 4 is 21.8 Å². The van der Waals surface area contributed by atoms with Gasteiger partial charge in [0.2, 0.25) is 5.91 Å². The smallest absolute Gasteiger partial charge is 0.237 e. The van der Waals surface area contributed by atoms with Gasteiger partial charge in [-0.15, -0.1) is 0 Å². The molecule has 2 aliphatic rings. The number of benzene rings is 1. The Morgan fingerprint density at radius 1 is 1.33 bits per heavy atom. The van der Waals surface area contributed by atoms with E-state index in [-0.39, 0.29) is 11.9 Å².